The Labute approximate surface area is 164 Å². The summed E-state index contributed by atoms with van der Waals surface area (Å²) in [6.07, 6.45) is 0. The molecule has 5 rings (SSSR count). The van der Waals surface area contributed by atoms with Gasteiger partial charge in [-0.2, -0.15) is 0 Å². The van der Waals surface area contributed by atoms with Gasteiger partial charge in [0.25, 0.3) is 0 Å². The zero-order valence-electron chi connectivity index (χ0n) is 15.6. The third-order valence-electron chi connectivity index (χ3n) is 4.98. The second-order valence-corrected chi connectivity index (χ2v) is 7.00. The quantitative estimate of drug-likeness (QED) is 0.341. The number of rotatable bonds is 3. The van der Waals surface area contributed by atoms with E-state index in [-0.39, 0.29) is 0 Å². The van der Waals surface area contributed by atoms with Gasteiger partial charge in [-0.1, -0.05) is 78.4 Å². The Morgan fingerprint density at radius 1 is 0.607 bits per heavy atom. The molecule has 28 heavy (non-hydrogen) atoms. The molecular weight excluding hydrogens is 342 g/mol. The number of benzene rings is 3. The number of furan rings is 1. The highest BCUT2D eigenvalue weighted by Crippen LogP contribution is 2.30. The highest BCUT2D eigenvalue weighted by atomic mass is 16.3. The van der Waals surface area contributed by atoms with Crippen LogP contribution in [0.3, 0.4) is 0 Å². The first-order valence-corrected chi connectivity index (χ1v) is 9.40. The molecule has 134 valence electrons. The van der Waals surface area contributed by atoms with Crippen LogP contribution in [-0.4, -0.2) is 4.98 Å². The van der Waals surface area contributed by atoms with Crippen LogP contribution >= 0.6 is 0 Å². The van der Waals surface area contributed by atoms with Crippen molar-refractivity contribution in [3.63, 3.8) is 0 Å². The summed E-state index contributed by atoms with van der Waals surface area (Å²) in [5.74, 6) is 0.845. The molecule has 0 spiro atoms. The van der Waals surface area contributed by atoms with Gasteiger partial charge >= 0.3 is 0 Å². The van der Waals surface area contributed by atoms with E-state index < -0.39 is 0 Å². The monoisotopic (exact) mass is 361 g/mol. The fourth-order valence-corrected chi connectivity index (χ4v) is 3.43. The molecule has 0 radical (unpaired) electrons. The van der Waals surface area contributed by atoms with Crippen LogP contribution in [-0.2, 0) is 0 Å². The van der Waals surface area contributed by atoms with Gasteiger partial charge in [0.2, 0.25) is 0 Å². The minimum atomic E-state index is 0.804. The molecule has 2 aromatic heterocycles. The van der Waals surface area contributed by atoms with Crippen LogP contribution < -0.4 is 0 Å². The summed E-state index contributed by atoms with van der Waals surface area (Å²) in [6.45, 7) is 2.08. The third kappa shape index (κ3) is 3.10. The van der Waals surface area contributed by atoms with Crippen molar-refractivity contribution in [1.82, 2.24) is 4.98 Å². The minimum Gasteiger partial charge on any atom is -0.454 e. The predicted octanol–water partition coefficient (Wildman–Crippen LogP) is 7.14. The van der Waals surface area contributed by atoms with Crippen molar-refractivity contribution in [3.8, 4) is 33.7 Å². The molecule has 0 N–H and O–H groups in total. The van der Waals surface area contributed by atoms with Gasteiger partial charge in [0.05, 0.1) is 5.69 Å². The molecule has 3 aromatic carbocycles. The molecule has 0 aliphatic rings. The summed E-state index contributed by atoms with van der Waals surface area (Å²) in [5, 5.41) is 0. The number of nitrogens with zero attached hydrogens (tertiary/aromatic N) is 1. The molecule has 0 atom stereocenters. The van der Waals surface area contributed by atoms with Crippen molar-refractivity contribution < 1.29 is 4.42 Å². The zero-order valence-corrected chi connectivity index (χ0v) is 15.6. The maximum Gasteiger partial charge on any atom is 0.153 e. The van der Waals surface area contributed by atoms with E-state index in [1.807, 2.05) is 24.3 Å². The van der Waals surface area contributed by atoms with Crippen molar-refractivity contribution in [1.29, 1.82) is 0 Å². The molecule has 0 unspecified atom stereocenters. The summed E-state index contributed by atoms with van der Waals surface area (Å²) >= 11 is 0. The molecule has 0 aliphatic heterocycles. The lowest BCUT2D eigenvalue weighted by atomic mass is 10.0. The topological polar surface area (TPSA) is 26.0 Å². The fourth-order valence-electron chi connectivity index (χ4n) is 3.43. The van der Waals surface area contributed by atoms with Gasteiger partial charge < -0.3 is 4.42 Å². The smallest absolute Gasteiger partial charge is 0.153 e. The number of hydrogen-bond donors (Lipinski definition) is 0. The third-order valence-corrected chi connectivity index (χ3v) is 4.98. The number of fused-ring (bicyclic) bond motifs is 1. The molecule has 0 amide bonds. The van der Waals surface area contributed by atoms with Gasteiger partial charge in [-0.05, 0) is 36.2 Å². The van der Waals surface area contributed by atoms with Crippen LogP contribution in [0.5, 0.6) is 0 Å². The molecule has 0 fully saturated rings. The van der Waals surface area contributed by atoms with E-state index in [0.29, 0.717) is 0 Å². The fraction of sp³-hybridized carbons (Fsp3) is 0.0385. The number of pyridine rings is 1. The Morgan fingerprint density at radius 3 is 2.18 bits per heavy atom. The second kappa shape index (κ2) is 6.82. The first-order chi connectivity index (χ1) is 13.8. The standard InChI is InChI=1S/C26H19NO/c1-18-10-12-20(13-11-18)26-17-24-25(28-26)15-14-23(27-24)22-9-5-8-21(16-22)19-6-3-2-4-7-19/h2-17H,1H3. The Bertz CT molecular complexity index is 1250. The molecule has 2 heterocycles. The lowest BCUT2D eigenvalue weighted by Crippen LogP contribution is -1.84. The Hall–Kier alpha value is -3.65. The summed E-state index contributed by atoms with van der Waals surface area (Å²) in [5.41, 5.74) is 8.41. The van der Waals surface area contributed by atoms with Crippen molar-refractivity contribution >= 4 is 11.1 Å². The maximum absolute atomic E-state index is 6.02. The number of aryl methyl sites for hydroxylation is 1. The lowest BCUT2D eigenvalue weighted by molar-refractivity contribution is 0.631. The van der Waals surface area contributed by atoms with Crippen LogP contribution in [0.2, 0.25) is 0 Å². The van der Waals surface area contributed by atoms with Crippen LogP contribution in [0.4, 0.5) is 0 Å². The van der Waals surface area contributed by atoms with E-state index in [4.69, 9.17) is 9.40 Å². The summed E-state index contributed by atoms with van der Waals surface area (Å²) in [6, 6.07) is 33.3. The minimum absolute atomic E-state index is 0.804. The van der Waals surface area contributed by atoms with E-state index in [1.165, 1.54) is 16.7 Å². The molecule has 0 bridgehead atoms. The molecule has 2 heteroatoms. The SMILES string of the molecule is Cc1ccc(-c2cc3nc(-c4cccc(-c5ccccc5)c4)ccc3o2)cc1. The Kier molecular flexibility index (Phi) is 4.02. The molecule has 0 aliphatic carbocycles. The summed E-state index contributed by atoms with van der Waals surface area (Å²) in [4.78, 5) is 4.85. The molecule has 2 nitrogen and oxygen atoms in total. The van der Waals surface area contributed by atoms with E-state index in [9.17, 15) is 0 Å². The van der Waals surface area contributed by atoms with E-state index in [0.717, 1.165) is 33.7 Å². The molecule has 0 saturated heterocycles. The highest BCUT2D eigenvalue weighted by Gasteiger charge is 2.09. The highest BCUT2D eigenvalue weighted by molar-refractivity contribution is 5.82. The maximum atomic E-state index is 6.02. The Morgan fingerprint density at radius 2 is 1.36 bits per heavy atom. The van der Waals surface area contributed by atoms with E-state index in [1.54, 1.807) is 0 Å². The largest absolute Gasteiger partial charge is 0.454 e. The van der Waals surface area contributed by atoms with Gasteiger partial charge in [-0.15, -0.1) is 0 Å². The zero-order chi connectivity index (χ0) is 18.9. The number of hydrogen-bond acceptors (Lipinski definition) is 2. The average molecular weight is 361 g/mol. The van der Waals surface area contributed by atoms with E-state index in [2.05, 4.69) is 79.7 Å². The second-order valence-electron chi connectivity index (χ2n) is 7.00. The van der Waals surface area contributed by atoms with Crippen molar-refractivity contribution in [2.75, 3.05) is 0 Å². The predicted molar refractivity (Wildman–Crippen MR) is 115 cm³/mol. The van der Waals surface area contributed by atoms with Crippen LogP contribution in [0.1, 0.15) is 5.56 Å². The molecular formula is C26H19NO. The van der Waals surface area contributed by atoms with Crippen molar-refractivity contribution in [3.05, 3.63) is 103 Å². The van der Waals surface area contributed by atoms with Gasteiger partial charge in [-0.3, -0.25) is 0 Å². The normalized spacial score (nSPS) is 11.0. The lowest BCUT2D eigenvalue weighted by Gasteiger charge is -2.05. The summed E-state index contributed by atoms with van der Waals surface area (Å²) < 4.78 is 6.02. The first-order valence-electron chi connectivity index (χ1n) is 9.40. The summed E-state index contributed by atoms with van der Waals surface area (Å²) in [7, 11) is 0. The van der Waals surface area contributed by atoms with Gasteiger partial charge in [-0.25, -0.2) is 4.98 Å². The van der Waals surface area contributed by atoms with Gasteiger partial charge in [0.1, 0.15) is 11.3 Å². The molecule has 5 aromatic rings. The molecule has 0 saturated carbocycles. The van der Waals surface area contributed by atoms with E-state index >= 15 is 0 Å². The number of aromatic nitrogens is 1. The van der Waals surface area contributed by atoms with Crippen molar-refractivity contribution in [2.45, 2.75) is 6.92 Å². The average Bonchev–Trinajstić information content (AvgIpc) is 3.18. The van der Waals surface area contributed by atoms with Crippen LogP contribution in [0.25, 0.3) is 44.8 Å². The Balaban J connectivity index is 1.54. The first kappa shape index (κ1) is 16.5. The van der Waals surface area contributed by atoms with Crippen LogP contribution in [0, 0.1) is 6.92 Å². The van der Waals surface area contributed by atoms with Gasteiger partial charge in [0, 0.05) is 17.2 Å². The van der Waals surface area contributed by atoms with Crippen molar-refractivity contribution in [2.24, 2.45) is 0 Å². The van der Waals surface area contributed by atoms with Gasteiger partial charge in [0.15, 0.2) is 5.58 Å². The van der Waals surface area contributed by atoms with Crippen LogP contribution in [0.15, 0.2) is 101 Å².